The second-order valence-electron chi connectivity index (χ2n) is 9.41. The Kier molecular flexibility index (Phi) is 7.93. The molecule has 2 aromatic rings. The summed E-state index contributed by atoms with van der Waals surface area (Å²) >= 11 is 0. The fourth-order valence-corrected chi connectivity index (χ4v) is 4.90. The lowest BCUT2D eigenvalue weighted by Gasteiger charge is -2.25. The summed E-state index contributed by atoms with van der Waals surface area (Å²) in [6.45, 7) is 2.42. The van der Waals surface area contributed by atoms with Gasteiger partial charge in [-0.1, -0.05) is 54.9 Å². The predicted molar refractivity (Wildman–Crippen MR) is 133 cm³/mol. The van der Waals surface area contributed by atoms with Gasteiger partial charge >= 0.3 is 6.18 Å². The molecule has 11 heteroatoms. The quantitative estimate of drug-likeness (QED) is 0.222. The minimum Gasteiger partial charge on any atom is -0.408 e. The Labute approximate surface area is 213 Å². The number of aliphatic imine (C=N–C) groups is 1. The maximum Gasteiger partial charge on any atom is 0.416 e. The van der Waals surface area contributed by atoms with Gasteiger partial charge in [-0.05, 0) is 54.0 Å². The Morgan fingerprint density at radius 1 is 1.14 bits per heavy atom. The molecule has 2 aromatic carbocycles. The van der Waals surface area contributed by atoms with E-state index in [1.54, 1.807) is 13.1 Å². The molecule has 2 aliphatic rings. The van der Waals surface area contributed by atoms with Crippen molar-refractivity contribution in [2.45, 2.75) is 63.5 Å². The summed E-state index contributed by atoms with van der Waals surface area (Å²) in [6, 6.07) is 11.4. The van der Waals surface area contributed by atoms with E-state index >= 15 is 0 Å². The molecule has 200 valence electrons. The normalized spacial score (nSPS) is 22.9. The number of halogens is 3. The van der Waals surface area contributed by atoms with Crippen molar-refractivity contribution in [2.75, 3.05) is 13.6 Å². The lowest BCUT2D eigenvalue weighted by molar-refractivity contribution is -0.138. The van der Waals surface area contributed by atoms with E-state index in [1.165, 1.54) is 21.6 Å². The van der Waals surface area contributed by atoms with Gasteiger partial charge in [-0.15, -0.1) is 5.06 Å². The van der Waals surface area contributed by atoms with Crippen LogP contribution in [0.25, 0.3) is 0 Å². The lowest BCUT2D eigenvalue weighted by atomic mass is 9.96. The Morgan fingerprint density at radius 2 is 1.81 bits per heavy atom. The summed E-state index contributed by atoms with van der Waals surface area (Å²) in [5.74, 6) is -0.115. The van der Waals surface area contributed by atoms with Gasteiger partial charge in [-0.25, -0.2) is 4.99 Å². The first-order chi connectivity index (χ1) is 17.6. The zero-order valence-corrected chi connectivity index (χ0v) is 20.8. The summed E-state index contributed by atoms with van der Waals surface area (Å²) in [5.41, 5.74) is 7.74. The fraction of sp³-hybridized carbons (Fsp3) is 0.462. The Hall–Kier alpha value is -3.31. The number of nitrogens with zero attached hydrogens (tertiary/aromatic N) is 4. The number of hydrogen-bond acceptors (Lipinski definition) is 6. The van der Waals surface area contributed by atoms with Crippen LogP contribution < -0.4 is 5.73 Å². The molecule has 8 nitrogen and oxygen atoms in total. The van der Waals surface area contributed by atoms with E-state index in [0.717, 1.165) is 24.5 Å². The molecule has 1 saturated heterocycles. The molecule has 0 radical (unpaired) electrons. The number of aliphatic hydroxyl groups is 1. The van der Waals surface area contributed by atoms with E-state index in [4.69, 9.17) is 15.8 Å². The molecule has 0 bridgehead atoms. The number of hydroxylamine groups is 2. The first-order valence-electron chi connectivity index (χ1n) is 12.3. The molecule has 1 unspecified atom stereocenters. The van der Waals surface area contributed by atoms with Crippen molar-refractivity contribution in [3.05, 3.63) is 70.3 Å². The summed E-state index contributed by atoms with van der Waals surface area (Å²) < 4.78 is 42.2. The molecule has 37 heavy (non-hydrogen) atoms. The van der Waals surface area contributed by atoms with Crippen LogP contribution in [0.15, 0.2) is 52.6 Å². The van der Waals surface area contributed by atoms with Crippen LogP contribution in [-0.2, 0) is 30.3 Å². The molecular weight excluding hydrogens is 487 g/mol. The van der Waals surface area contributed by atoms with Crippen molar-refractivity contribution < 1.29 is 28.3 Å². The molecule has 4 rings (SSSR count). The molecule has 0 saturated carbocycles. The number of likely N-dealkylation sites (tertiary alicyclic amines) is 1. The third-order valence-electron chi connectivity index (χ3n) is 6.83. The van der Waals surface area contributed by atoms with Crippen LogP contribution in [0.5, 0.6) is 0 Å². The number of aliphatic hydroxyl groups excluding tert-OH is 1. The molecule has 3 atom stereocenters. The maximum absolute atomic E-state index is 14.1. The lowest BCUT2D eigenvalue weighted by Crippen LogP contribution is -2.48. The summed E-state index contributed by atoms with van der Waals surface area (Å²) in [5, 5.41) is 23.8. The number of oxime groups is 1. The summed E-state index contributed by atoms with van der Waals surface area (Å²) in [4.78, 5) is 11.6. The predicted octanol–water partition coefficient (Wildman–Crippen LogP) is 3.86. The van der Waals surface area contributed by atoms with Gasteiger partial charge in [-0.3, -0.25) is 0 Å². The highest BCUT2D eigenvalue weighted by molar-refractivity contribution is 5.90. The number of nitrogens with two attached hydrogens (primary N) is 1. The first-order valence-corrected chi connectivity index (χ1v) is 12.3. The number of rotatable bonds is 7. The fourth-order valence-electron chi connectivity index (χ4n) is 4.90. The topological polar surface area (TPSA) is 107 Å². The minimum atomic E-state index is -4.54. The highest BCUT2D eigenvalue weighted by atomic mass is 19.4. The second-order valence-corrected chi connectivity index (χ2v) is 9.41. The van der Waals surface area contributed by atoms with Gasteiger partial charge in [0, 0.05) is 13.6 Å². The SMILES string of the molecule is CCCc1ccc(CCc2ccc(C3N=C([C@@H]4[C@@H](O)CCN4/C(N)=N/O)ON3C)cc2C(F)(F)F)cc1. The maximum atomic E-state index is 14.1. The second kappa shape index (κ2) is 11.0. The van der Waals surface area contributed by atoms with Crippen molar-refractivity contribution in [3.63, 3.8) is 0 Å². The number of hydrogen-bond donors (Lipinski definition) is 3. The molecular formula is C26H32F3N5O3. The third-order valence-corrected chi connectivity index (χ3v) is 6.83. The van der Waals surface area contributed by atoms with E-state index < -0.39 is 30.1 Å². The van der Waals surface area contributed by atoms with Gasteiger partial charge in [0.05, 0.1) is 11.7 Å². The molecule has 0 aromatic heterocycles. The van der Waals surface area contributed by atoms with Crippen LogP contribution in [0.2, 0.25) is 0 Å². The van der Waals surface area contributed by atoms with E-state index in [-0.39, 0.29) is 23.8 Å². The van der Waals surface area contributed by atoms with Crippen molar-refractivity contribution in [1.82, 2.24) is 9.96 Å². The van der Waals surface area contributed by atoms with E-state index in [9.17, 15) is 18.3 Å². The zero-order chi connectivity index (χ0) is 26.7. The smallest absolute Gasteiger partial charge is 0.408 e. The molecule has 0 amide bonds. The Balaban J connectivity index is 1.57. The zero-order valence-electron chi connectivity index (χ0n) is 20.8. The van der Waals surface area contributed by atoms with Crippen molar-refractivity contribution in [2.24, 2.45) is 15.9 Å². The number of aryl methyl sites for hydroxylation is 3. The van der Waals surface area contributed by atoms with Gasteiger partial charge in [0.1, 0.15) is 6.04 Å². The largest absolute Gasteiger partial charge is 0.416 e. The van der Waals surface area contributed by atoms with Crippen LogP contribution in [0.4, 0.5) is 13.2 Å². The molecule has 2 aliphatic heterocycles. The molecule has 0 spiro atoms. The number of alkyl halides is 3. The summed E-state index contributed by atoms with van der Waals surface area (Å²) in [7, 11) is 1.56. The van der Waals surface area contributed by atoms with E-state index in [0.29, 0.717) is 24.9 Å². The van der Waals surface area contributed by atoms with Gasteiger partial charge in [0.15, 0.2) is 6.17 Å². The van der Waals surface area contributed by atoms with Crippen molar-refractivity contribution in [1.29, 1.82) is 0 Å². The average Bonchev–Trinajstić information content (AvgIpc) is 3.44. The van der Waals surface area contributed by atoms with Crippen LogP contribution in [0.1, 0.15) is 53.7 Å². The average molecular weight is 520 g/mol. The van der Waals surface area contributed by atoms with Crippen molar-refractivity contribution >= 4 is 11.9 Å². The highest BCUT2D eigenvalue weighted by Crippen LogP contribution is 2.37. The molecule has 1 fully saturated rings. The molecule has 2 heterocycles. The Morgan fingerprint density at radius 3 is 2.43 bits per heavy atom. The Bertz CT molecular complexity index is 1150. The van der Waals surface area contributed by atoms with Crippen LogP contribution in [-0.4, -0.2) is 57.9 Å². The van der Waals surface area contributed by atoms with Gasteiger partial charge in [-0.2, -0.15) is 13.2 Å². The monoisotopic (exact) mass is 519 g/mol. The standard InChI is InChI=1S/C26H32F3N5O3/c1-3-4-16-5-7-17(8-6-16)9-10-18-11-12-19(15-20(18)26(27,28)29)23-31-24(37-33(23)2)22-21(35)13-14-34(22)25(30)32-36/h5-8,11-12,15,21-23,35-36H,3-4,9-10,13-14H2,1-2H3,(H2,30,32)/t21-,22-,23?/m0/s1. The highest BCUT2D eigenvalue weighted by Gasteiger charge is 2.44. The van der Waals surface area contributed by atoms with Crippen LogP contribution >= 0.6 is 0 Å². The number of benzene rings is 2. The van der Waals surface area contributed by atoms with Crippen LogP contribution in [0.3, 0.4) is 0 Å². The first kappa shape index (κ1) is 26.7. The van der Waals surface area contributed by atoms with Crippen LogP contribution in [0, 0.1) is 0 Å². The van der Waals surface area contributed by atoms with E-state index in [2.05, 4.69) is 17.1 Å². The van der Waals surface area contributed by atoms with E-state index in [1.807, 2.05) is 24.3 Å². The van der Waals surface area contributed by atoms with Gasteiger partial charge < -0.3 is 25.8 Å². The molecule has 4 N–H and O–H groups in total. The summed E-state index contributed by atoms with van der Waals surface area (Å²) in [6.07, 6.45) is -3.18. The van der Waals surface area contributed by atoms with Crippen molar-refractivity contribution in [3.8, 4) is 0 Å². The number of guanidine groups is 1. The molecule has 0 aliphatic carbocycles. The van der Waals surface area contributed by atoms with Gasteiger partial charge in [0.2, 0.25) is 11.9 Å². The van der Waals surface area contributed by atoms with Gasteiger partial charge in [0.25, 0.3) is 0 Å². The minimum absolute atomic E-state index is 0.0910. The third kappa shape index (κ3) is 5.83.